The summed E-state index contributed by atoms with van der Waals surface area (Å²) in [5.74, 6) is -0.616. The second-order valence-corrected chi connectivity index (χ2v) is 7.65. The number of carbonyl (C=O) groups is 2. The normalized spacial score (nSPS) is 12.4. The van der Waals surface area contributed by atoms with Crippen LogP contribution in [-0.2, 0) is 26.1 Å². The Hall–Kier alpha value is -2.65. The van der Waals surface area contributed by atoms with Crippen molar-refractivity contribution >= 4 is 21.9 Å². The molecule has 0 spiro atoms. The smallest absolute Gasteiger partial charge is 0.338 e. The van der Waals surface area contributed by atoms with E-state index in [9.17, 15) is 18.0 Å². The Morgan fingerprint density at radius 2 is 1.89 bits per heavy atom. The standard InChI is InChI=1S/C18H22N2O6S/c1-3-13(2)20-17(21)12-26-18(22)14-6-8-16(9-7-14)27(23,24)19-11-15-5-4-10-25-15/h4-10,13,19H,3,11-12H2,1-2H3,(H,20,21)/t13-/m1/s1. The van der Waals surface area contributed by atoms with Crippen molar-refractivity contribution in [2.75, 3.05) is 6.61 Å². The predicted octanol–water partition coefficient (Wildman–Crippen LogP) is 1.83. The molecule has 0 aliphatic heterocycles. The first-order chi connectivity index (χ1) is 12.8. The van der Waals surface area contributed by atoms with Crippen LogP contribution in [0.5, 0.6) is 0 Å². The van der Waals surface area contributed by atoms with E-state index in [0.717, 1.165) is 6.42 Å². The number of carbonyl (C=O) groups excluding carboxylic acids is 2. The molecule has 2 N–H and O–H groups in total. The average molecular weight is 394 g/mol. The highest BCUT2D eigenvalue weighted by molar-refractivity contribution is 7.89. The number of rotatable bonds is 9. The fourth-order valence-electron chi connectivity index (χ4n) is 2.07. The van der Waals surface area contributed by atoms with Crippen LogP contribution in [0.2, 0.25) is 0 Å². The van der Waals surface area contributed by atoms with Gasteiger partial charge in [-0.2, -0.15) is 0 Å². The van der Waals surface area contributed by atoms with Crippen LogP contribution in [0.3, 0.4) is 0 Å². The molecule has 1 heterocycles. The summed E-state index contributed by atoms with van der Waals surface area (Å²) in [4.78, 5) is 23.6. The van der Waals surface area contributed by atoms with E-state index in [2.05, 4.69) is 10.0 Å². The molecule has 146 valence electrons. The number of furan rings is 1. The Balaban J connectivity index is 1.91. The third kappa shape index (κ3) is 6.22. The molecule has 1 atom stereocenters. The third-order valence-electron chi connectivity index (χ3n) is 3.77. The molecule has 0 bridgehead atoms. The molecule has 1 amide bonds. The Morgan fingerprint density at radius 1 is 1.19 bits per heavy atom. The van der Waals surface area contributed by atoms with Crippen molar-refractivity contribution in [3.63, 3.8) is 0 Å². The number of benzene rings is 1. The molecule has 1 aromatic carbocycles. The minimum Gasteiger partial charge on any atom is -0.468 e. The molecule has 2 rings (SSSR count). The molecular formula is C18H22N2O6S. The van der Waals surface area contributed by atoms with Gasteiger partial charge in [-0.15, -0.1) is 0 Å². The fraction of sp³-hybridized carbons (Fsp3) is 0.333. The van der Waals surface area contributed by atoms with Gasteiger partial charge in [0.25, 0.3) is 5.91 Å². The molecule has 0 fully saturated rings. The molecule has 0 unspecified atom stereocenters. The summed E-state index contributed by atoms with van der Waals surface area (Å²) in [5, 5.41) is 2.68. The molecule has 9 heteroatoms. The van der Waals surface area contributed by atoms with E-state index in [-0.39, 0.29) is 29.0 Å². The van der Waals surface area contributed by atoms with E-state index in [1.165, 1.54) is 30.5 Å². The summed E-state index contributed by atoms with van der Waals surface area (Å²) in [6.07, 6.45) is 2.22. The van der Waals surface area contributed by atoms with Gasteiger partial charge in [-0.1, -0.05) is 6.92 Å². The summed E-state index contributed by atoms with van der Waals surface area (Å²) < 4.78 is 36.9. The molecule has 0 saturated carbocycles. The molecule has 2 aromatic rings. The van der Waals surface area contributed by atoms with E-state index in [1.54, 1.807) is 12.1 Å². The van der Waals surface area contributed by atoms with Crippen LogP contribution in [-0.4, -0.2) is 32.9 Å². The lowest BCUT2D eigenvalue weighted by Crippen LogP contribution is -2.35. The number of nitrogens with one attached hydrogen (secondary N) is 2. The van der Waals surface area contributed by atoms with Crippen LogP contribution in [0, 0.1) is 0 Å². The number of hydrogen-bond donors (Lipinski definition) is 2. The highest BCUT2D eigenvalue weighted by atomic mass is 32.2. The number of ether oxygens (including phenoxy) is 1. The minimum absolute atomic E-state index is 0.000111. The minimum atomic E-state index is -3.75. The molecule has 0 radical (unpaired) electrons. The first kappa shape index (κ1) is 20.7. The van der Waals surface area contributed by atoms with Gasteiger partial charge in [0.2, 0.25) is 10.0 Å². The van der Waals surface area contributed by atoms with Gasteiger partial charge in [-0.25, -0.2) is 17.9 Å². The number of esters is 1. The van der Waals surface area contributed by atoms with Crippen molar-refractivity contribution in [1.82, 2.24) is 10.0 Å². The summed E-state index contributed by atoms with van der Waals surface area (Å²) in [5.41, 5.74) is 0.149. The van der Waals surface area contributed by atoms with E-state index in [1.807, 2.05) is 13.8 Å². The van der Waals surface area contributed by atoms with Gasteiger partial charge in [-0.3, -0.25) is 4.79 Å². The Kier molecular flexibility index (Phi) is 7.14. The van der Waals surface area contributed by atoms with Crippen molar-refractivity contribution in [2.24, 2.45) is 0 Å². The Labute approximate surface area is 157 Å². The maximum absolute atomic E-state index is 12.2. The monoisotopic (exact) mass is 394 g/mol. The fourth-order valence-corrected chi connectivity index (χ4v) is 3.06. The van der Waals surface area contributed by atoms with Crippen LogP contribution >= 0.6 is 0 Å². The second kappa shape index (κ2) is 9.33. The van der Waals surface area contributed by atoms with Crippen LogP contribution in [0.25, 0.3) is 0 Å². The first-order valence-corrected chi connectivity index (χ1v) is 9.88. The maximum Gasteiger partial charge on any atom is 0.338 e. The van der Waals surface area contributed by atoms with E-state index in [0.29, 0.717) is 5.76 Å². The highest BCUT2D eigenvalue weighted by Gasteiger charge is 2.16. The Morgan fingerprint density at radius 3 is 2.48 bits per heavy atom. The molecular weight excluding hydrogens is 372 g/mol. The van der Waals surface area contributed by atoms with Gasteiger partial charge >= 0.3 is 5.97 Å². The molecule has 27 heavy (non-hydrogen) atoms. The highest BCUT2D eigenvalue weighted by Crippen LogP contribution is 2.12. The van der Waals surface area contributed by atoms with Gasteiger partial charge in [0, 0.05) is 6.04 Å². The molecule has 0 aliphatic carbocycles. The van der Waals surface area contributed by atoms with Crippen molar-refractivity contribution in [1.29, 1.82) is 0 Å². The van der Waals surface area contributed by atoms with E-state index < -0.39 is 22.6 Å². The number of sulfonamides is 1. The van der Waals surface area contributed by atoms with Crippen molar-refractivity contribution in [3.8, 4) is 0 Å². The van der Waals surface area contributed by atoms with Crippen LogP contribution in [0.15, 0.2) is 52.0 Å². The van der Waals surface area contributed by atoms with Crippen molar-refractivity contribution in [3.05, 3.63) is 54.0 Å². The third-order valence-corrected chi connectivity index (χ3v) is 5.19. The second-order valence-electron chi connectivity index (χ2n) is 5.88. The van der Waals surface area contributed by atoms with Gasteiger partial charge in [0.15, 0.2) is 6.61 Å². The van der Waals surface area contributed by atoms with Gasteiger partial charge in [-0.05, 0) is 49.7 Å². The lowest BCUT2D eigenvalue weighted by Gasteiger charge is -2.11. The average Bonchev–Trinajstić information content (AvgIpc) is 3.18. The zero-order valence-electron chi connectivity index (χ0n) is 15.1. The van der Waals surface area contributed by atoms with Gasteiger partial charge in [0.05, 0.1) is 23.3 Å². The molecule has 0 aliphatic rings. The summed E-state index contributed by atoms with van der Waals surface area (Å²) in [7, 11) is -3.75. The lowest BCUT2D eigenvalue weighted by molar-refractivity contribution is -0.124. The van der Waals surface area contributed by atoms with Crippen LogP contribution in [0.1, 0.15) is 36.4 Å². The van der Waals surface area contributed by atoms with E-state index in [4.69, 9.17) is 9.15 Å². The largest absolute Gasteiger partial charge is 0.468 e. The topological polar surface area (TPSA) is 115 Å². The molecule has 0 saturated heterocycles. The van der Waals surface area contributed by atoms with Crippen molar-refractivity contribution < 1.29 is 27.2 Å². The summed E-state index contributed by atoms with van der Waals surface area (Å²) in [6.45, 7) is 3.40. The molecule has 1 aromatic heterocycles. The zero-order chi connectivity index (χ0) is 19.9. The summed E-state index contributed by atoms with van der Waals surface area (Å²) >= 11 is 0. The lowest BCUT2D eigenvalue weighted by atomic mass is 10.2. The quantitative estimate of drug-likeness (QED) is 0.627. The number of hydrogen-bond acceptors (Lipinski definition) is 6. The maximum atomic E-state index is 12.2. The Bertz CT molecular complexity index is 860. The first-order valence-electron chi connectivity index (χ1n) is 8.40. The summed E-state index contributed by atoms with van der Waals surface area (Å²) in [6, 6.07) is 8.55. The SMILES string of the molecule is CC[C@@H](C)NC(=O)COC(=O)c1ccc(S(=O)(=O)NCc2ccco2)cc1. The van der Waals surface area contributed by atoms with Crippen LogP contribution < -0.4 is 10.0 Å². The van der Waals surface area contributed by atoms with Gasteiger partial charge in [0.1, 0.15) is 5.76 Å². The predicted molar refractivity (Wildman–Crippen MR) is 97.4 cm³/mol. The molecule has 8 nitrogen and oxygen atoms in total. The van der Waals surface area contributed by atoms with Crippen LogP contribution in [0.4, 0.5) is 0 Å². The zero-order valence-corrected chi connectivity index (χ0v) is 15.9. The number of amides is 1. The van der Waals surface area contributed by atoms with Crippen molar-refractivity contribution in [2.45, 2.75) is 37.8 Å². The van der Waals surface area contributed by atoms with E-state index >= 15 is 0 Å². The van der Waals surface area contributed by atoms with Gasteiger partial charge < -0.3 is 14.5 Å².